The Hall–Kier alpha value is -1.91. The van der Waals surface area contributed by atoms with Crippen LogP contribution in [-0.2, 0) is 38.5 Å². The molecule has 0 aliphatic carbocycles. The summed E-state index contributed by atoms with van der Waals surface area (Å²) in [5.74, 6) is 0. The van der Waals surface area contributed by atoms with E-state index in [-0.39, 0.29) is 0 Å². The van der Waals surface area contributed by atoms with E-state index in [0.29, 0.717) is 0 Å². The van der Waals surface area contributed by atoms with Gasteiger partial charge >= 0.3 is 0 Å². The standard InChI is InChI=1S/C42H63P/c1-7-13-20-32-28-30-38(36(24-17-11-5)34(32)22-15-9-3)39-26-19-27-41(43)42(39)40-31-29-33(21-14-8-2)35(23-16-10-4)37(40)25-18-12-6/h19,26-31H,7-18,20-25,43H2,1-6H3. The summed E-state index contributed by atoms with van der Waals surface area (Å²) in [5, 5.41) is 1.34. The first-order chi connectivity index (χ1) is 21.1. The first kappa shape index (κ1) is 35.6. The number of aryl methyl sites for hydroxylation is 2. The van der Waals surface area contributed by atoms with Gasteiger partial charge in [0.2, 0.25) is 0 Å². The molecule has 0 nitrogen and oxygen atoms in total. The summed E-state index contributed by atoms with van der Waals surface area (Å²) in [6.07, 6.45) is 22.4. The zero-order valence-corrected chi connectivity index (χ0v) is 30.0. The molecule has 3 aromatic rings. The lowest BCUT2D eigenvalue weighted by molar-refractivity contribution is 0.735. The van der Waals surface area contributed by atoms with E-state index in [1.54, 1.807) is 33.4 Å². The lowest BCUT2D eigenvalue weighted by Gasteiger charge is -2.25. The number of hydrogen-bond donors (Lipinski definition) is 0. The highest BCUT2D eigenvalue weighted by Crippen LogP contribution is 2.40. The Morgan fingerprint density at radius 1 is 0.395 bits per heavy atom. The zero-order valence-electron chi connectivity index (χ0n) is 28.8. The third kappa shape index (κ3) is 9.54. The fourth-order valence-electron chi connectivity index (χ4n) is 6.88. The van der Waals surface area contributed by atoms with Gasteiger partial charge in [0.15, 0.2) is 0 Å². The molecule has 0 aromatic heterocycles. The van der Waals surface area contributed by atoms with E-state index in [1.807, 2.05) is 0 Å². The average molecular weight is 599 g/mol. The molecule has 0 N–H and O–H groups in total. The molecule has 0 bridgehead atoms. The Morgan fingerprint density at radius 3 is 1.26 bits per heavy atom. The molecule has 0 saturated heterocycles. The van der Waals surface area contributed by atoms with Gasteiger partial charge in [0.25, 0.3) is 0 Å². The van der Waals surface area contributed by atoms with Crippen LogP contribution in [0.1, 0.15) is 152 Å². The van der Waals surface area contributed by atoms with Gasteiger partial charge in [0.05, 0.1) is 0 Å². The molecule has 0 spiro atoms. The van der Waals surface area contributed by atoms with Gasteiger partial charge in [-0.1, -0.05) is 123 Å². The van der Waals surface area contributed by atoms with Gasteiger partial charge in [0.1, 0.15) is 0 Å². The van der Waals surface area contributed by atoms with Gasteiger partial charge in [-0.15, -0.1) is 9.24 Å². The Kier molecular flexibility index (Phi) is 16.1. The van der Waals surface area contributed by atoms with E-state index in [2.05, 4.69) is 93.2 Å². The van der Waals surface area contributed by atoms with Crippen molar-refractivity contribution in [2.75, 3.05) is 0 Å². The van der Waals surface area contributed by atoms with E-state index in [9.17, 15) is 0 Å². The number of rotatable bonds is 20. The largest absolute Gasteiger partial charge is 0.105 e. The summed E-state index contributed by atoms with van der Waals surface area (Å²) in [4.78, 5) is 0. The second-order valence-corrected chi connectivity index (χ2v) is 13.5. The highest BCUT2D eigenvalue weighted by atomic mass is 31.0. The Labute approximate surface area is 269 Å². The molecule has 1 heteroatoms. The topological polar surface area (TPSA) is 0 Å². The predicted molar refractivity (Wildman–Crippen MR) is 198 cm³/mol. The molecular formula is C42H63P. The summed E-state index contributed by atoms with van der Waals surface area (Å²) < 4.78 is 0. The summed E-state index contributed by atoms with van der Waals surface area (Å²) in [7, 11) is 3.14. The van der Waals surface area contributed by atoms with Crippen molar-refractivity contribution < 1.29 is 0 Å². The maximum Gasteiger partial charge on any atom is -0.00307 e. The summed E-state index contributed by atoms with van der Waals surface area (Å²) >= 11 is 0. The highest BCUT2D eigenvalue weighted by Gasteiger charge is 2.21. The summed E-state index contributed by atoms with van der Waals surface area (Å²) in [6.45, 7) is 14.0. The third-order valence-electron chi connectivity index (χ3n) is 9.43. The number of hydrogen-bond acceptors (Lipinski definition) is 0. The van der Waals surface area contributed by atoms with Gasteiger partial charge in [-0.3, -0.25) is 0 Å². The molecule has 236 valence electrons. The highest BCUT2D eigenvalue weighted by molar-refractivity contribution is 7.28. The molecule has 0 heterocycles. The maximum absolute atomic E-state index is 3.14. The fourth-order valence-corrected chi connectivity index (χ4v) is 7.30. The monoisotopic (exact) mass is 598 g/mol. The van der Waals surface area contributed by atoms with E-state index in [0.717, 1.165) is 0 Å². The molecular weight excluding hydrogens is 535 g/mol. The number of benzene rings is 3. The van der Waals surface area contributed by atoms with Crippen molar-refractivity contribution in [2.24, 2.45) is 0 Å². The van der Waals surface area contributed by atoms with Crippen LogP contribution in [0.3, 0.4) is 0 Å². The molecule has 1 unspecified atom stereocenters. The van der Waals surface area contributed by atoms with Crippen LogP contribution in [0.2, 0.25) is 0 Å². The van der Waals surface area contributed by atoms with E-state index in [4.69, 9.17) is 0 Å². The van der Waals surface area contributed by atoms with Crippen LogP contribution in [0.5, 0.6) is 0 Å². The van der Waals surface area contributed by atoms with Crippen molar-refractivity contribution in [3.05, 3.63) is 75.8 Å². The van der Waals surface area contributed by atoms with Crippen molar-refractivity contribution in [1.82, 2.24) is 0 Å². The summed E-state index contributed by atoms with van der Waals surface area (Å²) in [6, 6.07) is 17.1. The minimum Gasteiger partial charge on any atom is -0.105 e. The molecule has 0 amide bonds. The Morgan fingerprint density at radius 2 is 0.791 bits per heavy atom. The predicted octanol–water partition coefficient (Wildman–Crippen LogP) is 12.6. The quantitative estimate of drug-likeness (QED) is 0.113. The fraction of sp³-hybridized carbons (Fsp3) is 0.571. The summed E-state index contributed by atoms with van der Waals surface area (Å²) in [5.41, 5.74) is 15.7. The molecule has 0 radical (unpaired) electrons. The molecule has 3 rings (SSSR count). The average Bonchev–Trinajstić information content (AvgIpc) is 3.02. The van der Waals surface area contributed by atoms with Gasteiger partial charge in [-0.05, 0) is 138 Å². The van der Waals surface area contributed by atoms with E-state index >= 15 is 0 Å². The van der Waals surface area contributed by atoms with Crippen LogP contribution >= 0.6 is 9.24 Å². The van der Waals surface area contributed by atoms with Gasteiger partial charge in [-0.25, -0.2) is 0 Å². The van der Waals surface area contributed by atoms with Gasteiger partial charge in [0, 0.05) is 0 Å². The minimum absolute atomic E-state index is 1.18. The van der Waals surface area contributed by atoms with Crippen molar-refractivity contribution >= 4 is 14.5 Å². The van der Waals surface area contributed by atoms with Gasteiger partial charge < -0.3 is 0 Å². The van der Waals surface area contributed by atoms with Crippen molar-refractivity contribution in [3.63, 3.8) is 0 Å². The molecule has 0 fully saturated rings. The van der Waals surface area contributed by atoms with Crippen molar-refractivity contribution in [2.45, 2.75) is 157 Å². The molecule has 0 saturated carbocycles. The second-order valence-electron chi connectivity index (χ2n) is 12.8. The molecule has 0 aliphatic rings. The molecule has 1 atom stereocenters. The lowest BCUT2D eigenvalue weighted by Crippen LogP contribution is -2.09. The first-order valence-electron chi connectivity index (χ1n) is 18.2. The van der Waals surface area contributed by atoms with Crippen LogP contribution < -0.4 is 5.30 Å². The lowest BCUT2D eigenvalue weighted by atomic mass is 9.81. The first-order valence-corrected chi connectivity index (χ1v) is 18.8. The third-order valence-corrected chi connectivity index (χ3v) is 9.91. The van der Waals surface area contributed by atoms with Crippen LogP contribution in [0.25, 0.3) is 22.3 Å². The smallest absolute Gasteiger partial charge is 0.00307 e. The van der Waals surface area contributed by atoms with Gasteiger partial charge in [-0.2, -0.15) is 0 Å². The van der Waals surface area contributed by atoms with Crippen LogP contribution in [-0.4, -0.2) is 0 Å². The maximum atomic E-state index is 3.14. The molecule has 3 aromatic carbocycles. The van der Waals surface area contributed by atoms with E-state index in [1.165, 1.54) is 143 Å². The van der Waals surface area contributed by atoms with Crippen LogP contribution in [0.15, 0.2) is 42.5 Å². The van der Waals surface area contributed by atoms with Crippen LogP contribution in [0.4, 0.5) is 0 Å². The van der Waals surface area contributed by atoms with Crippen molar-refractivity contribution in [3.8, 4) is 22.3 Å². The second kappa shape index (κ2) is 19.5. The minimum atomic E-state index is 1.18. The normalized spacial score (nSPS) is 11.4. The SMILES string of the molecule is CCCCc1ccc(-c2cccc(P)c2-c2ccc(CCCC)c(CCCC)c2CCCC)c(CCCC)c1CCCC. The van der Waals surface area contributed by atoms with Crippen LogP contribution in [0, 0.1) is 0 Å². The van der Waals surface area contributed by atoms with Crippen molar-refractivity contribution in [1.29, 1.82) is 0 Å². The van der Waals surface area contributed by atoms with E-state index < -0.39 is 0 Å². The molecule has 43 heavy (non-hydrogen) atoms. The Balaban J connectivity index is 2.34. The Bertz CT molecular complexity index is 1250. The molecule has 0 aliphatic heterocycles. The zero-order chi connectivity index (χ0) is 31.0. The number of unbranched alkanes of at least 4 members (excludes halogenated alkanes) is 6.